The molecule has 1 atom stereocenters. The Bertz CT molecular complexity index is 1550. The first kappa shape index (κ1) is 29.7. The second-order valence-corrected chi connectivity index (χ2v) is 10.2. The van der Waals surface area contributed by atoms with Gasteiger partial charge >= 0.3 is 0 Å². The van der Waals surface area contributed by atoms with Crippen LogP contribution in [0, 0.1) is 13.8 Å². The van der Waals surface area contributed by atoms with E-state index in [0.717, 1.165) is 36.2 Å². The molecular formula is C33H37N5O5. The molecule has 4 aromatic rings. The van der Waals surface area contributed by atoms with Crippen molar-refractivity contribution in [3.8, 4) is 28.9 Å². The highest BCUT2D eigenvalue weighted by Gasteiger charge is 2.21. The van der Waals surface area contributed by atoms with Gasteiger partial charge < -0.3 is 34.9 Å². The number of methoxy groups -OCH3 is 1. The molecule has 1 amide bonds. The van der Waals surface area contributed by atoms with Gasteiger partial charge in [-0.2, -0.15) is 4.98 Å². The van der Waals surface area contributed by atoms with Gasteiger partial charge in [-0.3, -0.25) is 4.79 Å². The van der Waals surface area contributed by atoms with Gasteiger partial charge in [0, 0.05) is 29.7 Å². The van der Waals surface area contributed by atoms with Crippen molar-refractivity contribution in [3.63, 3.8) is 0 Å². The maximum absolute atomic E-state index is 13.5. The lowest BCUT2D eigenvalue weighted by molar-refractivity contribution is 0.102. The van der Waals surface area contributed by atoms with Crippen molar-refractivity contribution in [3.05, 3.63) is 83.6 Å². The molecule has 10 nitrogen and oxygen atoms in total. The van der Waals surface area contributed by atoms with E-state index in [2.05, 4.69) is 25.9 Å². The summed E-state index contributed by atoms with van der Waals surface area (Å²) in [5, 5.41) is 9.62. The van der Waals surface area contributed by atoms with Gasteiger partial charge in [0.1, 0.15) is 12.2 Å². The summed E-state index contributed by atoms with van der Waals surface area (Å²) in [6.07, 6.45) is 3.69. The largest absolute Gasteiger partial charge is 0.493 e. The molecule has 1 saturated heterocycles. The van der Waals surface area contributed by atoms with E-state index in [0.29, 0.717) is 47.9 Å². The molecule has 0 aliphatic carbocycles. The minimum Gasteiger partial charge on any atom is -0.493 e. The Morgan fingerprint density at radius 3 is 2.47 bits per heavy atom. The van der Waals surface area contributed by atoms with E-state index < -0.39 is 5.91 Å². The van der Waals surface area contributed by atoms with Crippen molar-refractivity contribution >= 4 is 23.2 Å². The van der Waals surface area contributed by atoms with Gasteiger partial charge in [-0.05, 0) is 75.5 Å². The summed E-state index contributed by atoms with van der Waals surface area (Å²) in [4.78, 5) is 22.6. The molecule has 1 aliphatic rings. The standard InChI is InChI=1S/C33H37N5O5/c1-5-41-26-13-6-7-14-28(26)43-32-25(31(39)37-30-21(2)10-8-11-22(30)3)19-35-33(38-32)36-23-15-16-27(29(18-23)40-4)42-20-24-12-9-17-34-24/h6-8,10-11,13-16,18-19,24,34H,5,9,12,17,20H2,1-4H3,(H,37,39)(H,35,36,38)/t24-/m0/s1. The van der Waals surface area contributed by atoms with E-state index >= 15 is 0 Å². The van der Waals surface area contributed by atoms with Crippen LogP contribution in [0.5, 0.6) is 28.9 Å². The molecule has 43 heavy (non-hydrogen) atoms. The maximum atomic E-state index is 13.5. The van der Waals surface area contributed by atoms with Crippen LogP contribution < -0.4 is 34.9 Å². The Morgan fingerprint density at radius 1 is 0.977 bits per heavy atom. The third kappa shape index (κ3) is 7.34. The van der Waals surface area contributed by atoms with Crippen LogP contribution in [-0.2, 0) is 0 Å². The Balaban J connectivity index is 1.42. The summed E-state index contributed by atoms with van der Waals surface area (Å²) < 4.78 is 23.6. The predicted molar refractivity (Wildman–Crippen MR) is 166 cm³/mol. The monoisotopic (exact) mass is 583 g/mol. The Morgan fingerprint density at radius 2 is 1.74 bits per heavy atom. The van der Waals surface area contributed by atoms with E-state index in [1.54, 1.807) is 19.2 Å². The Hall–Kier alpha value is -4.83. The summed E-state index contributed by atoms with van der Waals surface area (Å²) in [6, 6.07) is 18.9. The van der Waals surface area contributed by atoms with E-state index in [9.17, 15) is 4.79 Å². The van der Waals surface area contributed by atoms with E-state index in [1.165, 1.54) is 6.20 Å². The minimum absolute atomic E-state index is 0.0735. The normalized spacial score (nSPS) is 14.2. The number of rotatable bonds is 12. The lowest BCUT2D eigenvalue weighted by atomic mass is 10.1. The third-order valence-corrected chi connectivity index (χ3v) is 7.10. The number of ether oxygens (including phenoxy) is 4. The third-order valence-electron chi connectivity index (χ3n) is 7.10. The van der Waals surface area contributed by atoms with Crippen LogP contribution in [0.2, 0.25) is 0 Å². The summed E-state index contributed by atoms with van der Waals surface area (Å²) in [5.74, 6) is 2.10. The molecule has 224 valence electrons. The number of nitrogens with zero attached hydrogens (tertiary/aromatic N) is 2. The van der Waals surface area contributed by atoms with E-state index in [1.807, 2.05) is 69.3 Å². The first-order valence-electron chi connectivity index (χ1n) is 14.4. The van der Waals surface area contributed by atoms with Gasteiger partial charge in [0.2, 0.25) is 11.8 Å². The van der Waals surface area contributed by atoms with Crippen molar-refractivity contribution in [1.82, 2.24) is 15.3 Å². The molecule has 0 radical (unpaired) electrons. The Labute approximate surface area is 251 Å². The number of carbonyl (C=O) groups excluding carboxylic acids is 1. The highest BCUT2D eigenvalue weighted by molar-refractivity contribution is 6.06. The fourth-order valence-corrected chi connectivity index (χ4v) is 4.85. The van der Waals surface area contributed by atoms with Crippen molar-refractivity contribution in [2.75, 3.05) is 37.5 Å². The van der Waals surface area contributed by atoms with Crippen molar-refractivity contribution in [2.45, 2.75) is 39.7 Å². The number of para-hydroxylation sites is 3. The molecular weight excluding hydrogens is 546 g/mol. The summed E-state index contributed by atoms with van der Waals surface area (Å²) >= 11 is 0. The lowest BCUT2D eigenvalue weighted by Crippen LogP contribution is -2.28. The highest BCUT2D eigenvalue weighted by atomic mass is 16.5. The molecule has 2 heterocycles. The maximum Gasteiger partial charge on any atom is 0.262 e. The van der Waals surface area contributed by atoms with Crippen LogP contribution in [0.3, 0.4) is 0 Å². The number of amides is 1. The molecule has 10 heteroatoms. The summed E-state index contributed by atoms with van der Waals surface area (Å²) in [5.41, 5.74) is 3.46. The zero-order valence-electron chi connectivity index (χ0n) is 24.9. The topological polar surface area (TPSA) is 116 Å². The fraction of sp³-hybridized carbons (Fsp3) is 0.303. The highest BCUT2D eigenvalue weighted by Crippen LogP contribution is 2.35. The van der Waals surface area contributed by atoms with Crippen LogP contribution in [0.25, 0.3) is 0 Å². The lowest BCUT2D eigenvalue weighted by Gasteiger charge is -2.17. The molecule has 0 saturated carbocycles. The predicted octanol–water partition coefficient (Wildman–Crippen LogP) is 6.42. The molecule has 3 N–H and O–H groups in total. The van der Waals surface area contributed by atoms with Crippen molar-refractivity contribution < 1.29 is 23.7 Å². The average molecular weight is 584 g/mol. The van der Waals surface area contributed by atoms with Gasteiger partial charge in [-0.1, -0.05) is 30.3 Å². The zero-order chi connectivity index (χ0) is 30.2. The molecule has 0 spiro atoms. The Kier molecular flexibility index (Phi) is 9.58. The molecule has 0 unspecified atom stereocenters. The van der Waals surface area contributed by atoms with Crippen molar-refractivity contribution in [2.24, 2.45) is 0 Å². The van der Waals surface area contributed by atoms with Gasteiger partial charge in [0.15, 0.2) is 23.0 Å². The quantitative estimate of drug-likeness (QED) is 0.174. The number of benzene rings is 3. The van der Waals surface area contributed by atoms with Gasteiger partial charge in [0.25, 0.3) is 5.91 Å². The second-order valence-electron chi connectivity index (χ2n) is 10.2. The van der Waals surface area contributed by atoms with E-state index in [4.69, 9.17) is 18.9 Å². The molecule has 1 aliphatic heterocycles. The number of carbonyl (C=O) groups is 1. The number of aromatic nitrogens is 2. The second kappa shape index (κ2) is 13.9. The number of aryl methyl sites for hydroxylation is 2. The van der Waals surface area contributed by atoms with E-state index in [-0.39, 0.29) is 17.4 Å². The van der Waals surface area contributed by atoms with Gasteiger partial charge in [-0.25, -0.2) is 4.98 Å². The number of nitrogens with one attached hydrogen (secondary N) is 3. The number of hydrogen-bond acceptors (Lipinski definition) is 9. The van der Waals surface area contributed by atoms with Crippen LogP contribution in [0.15, 0.2) is 66.9 Å². The molecule has 1 fully saturated rings. The number of hydrogen-bond donors (Lipinski definition) is 3. The number of anilines is 3. The SMILES string of the molecule is CCOc1ccccc1Oc1nc(Nc2ccc(OC[C@@H]3CCCN3)c(OC)c2)ncc1C(=O)Nc1c(C)cccc1C. The molecule has 5 rings (SSSR count). The average Bonchev–Trinajstić information content (AvgIpc) is 3.53. The molecule has 1 aromatic heterocycles. The molecule has 3 aromatic carbocycles. The summed E-state index contributed by atoms with van der Waals surface area (Å²) in [7, 11) is 1.60. The van der Waals surface area contributed by atoms with Crippen LogP contribution in [0.1, 0.15) is 41.3 Å². The molecule has 0 bridgehead atoms. The van der Waals surface area contributed by atoms with Crippen LogP contribution in [-0.4, -0.2) is 48.8 Å². The smallest absolute Gasteiger partial charge is 0.262 e. The minimum atomic E-state index is -0.396. The van der Waals surface area contributed by atoms with Crippen molar-refractivity contribution in [1.29, 1.82) is 0 Å². The summed E-state index contributed by atoms with van der Waals surface area (Å²) in [6.45, 7) is 7.82. The first-order valence-corrected chi connectivity index (χ1v) is 14.4. The zero-order valence-corrected chi connectivity index (χ0v) is 24.9. The first-order chi connectivity index (χ1) is 20.9. The van der Waals surface area contributed by atoms with Crippen LogP contribution >= 0.6 is 0 Å². The van der Waals surface area contributed by atoms with Gasteiger partial charge in [0.05, 0.1) is 13.7 Å². The van der Waals surface area contributed by atoms with Crippen LogP contribution in [0.4, 0.5) is 17.3 Å². The fourth-order valence-electron chi connectivity index (χ4n) is 4.85. The van der Waals surface area contributed by atoms with Gasteiger partial charge in [-0.15, -0.1) is 0 Å².